The van der Waals surface area contributed by atoms with Crippen molar-refractivity contribution in [3.05, 3.63) is 35.6 Å². The molecule has 74 valence electrons. The number of halogens is 3. The second-order valence-electron chi connectivity index (χ2n) is 2.37. The molecule has 0 saturated carbocycles. The van der Waals surface area contributed by atoms with Gasteiger partial charge in [-0.15, -0.1) is 0 Å². The molecule has 1 aromatic rings. The van der Waals surface area contributed by atoms with E-state index in [-0.39, 0.29) is 43.5 Å². The molecule has 0 heterocycles. The summed E-state index contributed by atoms with van der Waals surface area (Å²) in [7, 11) is 0. The summed E-state index contributed by atoms with van der Waals surface area (Å²) in [6.07, 6.45) is 0. The Morgan fingerprint density at radius 2 is 1.57 bits per heavy atom. The third-order valence-electron chi connectivity index (χ3n) is 1.47. The maximum absolute atomic E-state index is 12.6. The molecule has 0 unspecified atom stereocenters. The van der Waals surface area contributed by atoms with Gasteiger partial charge in [-0.1, -0.05) is 20.5 Å². The van der Waals surface area contributed by atoms with Crippen molar-refractivity contribution in [3.63, 3.8) is 0 Å². The van der Waals surface area contributed by atoms with Crippen LogP contribution in [0.3, 0.4) is 0 Å². The molecule has 0 aromatic heterocycles. The molecule has 6 heteroatoms. The Kier molecular flexibility index (Phi) is 7.65. The summed E-state index contributed by atoms with van der Waals surface area (Å²) in [5, 5.41) is 8.27. The Hall–Kier alpha value is 0.0349. The van der Waals surface area contributed by atoms with E-state index in [2.05, 4.69) is 0 Å². The van der Waals surface area contributed by atoms with E-state index in [1.54, 1.807) is 0 Å². The summed E-state index contributed by atoms with van der Waals surface area (Å²) in [6, 6.07) is 3.76. The zero-order chi connectivity index (χ0) is 9.19. The number of aliphatic hydroxyl groups excluding tert-OH is 1. The van der Waals surface area contributed by atoms with Gasteiger partial charge in [0.15, 0.2) is 0 Å². The monoisotopic (exact) mass is 214 g/mol. The SMILES string of the molecule is OCC(F)(F)c1ccc(F)cc1.[BH4-].[Na+]. The smallest absolute Gasteiger partial charge is 0.390 e. The van der Waals surface area contributed by atoms with Crippen LogP contribution in [0.1, 0.15) is 5.56 Å². The van der Waals surface area contributed by atoms with Crippen molar-refractivity contribution in [1.29, 1.82) is 0 Å². The first-order valence-electron chi connectivity index (χ1n) is 3.31. The molecule has 0 aliphatic heterocycles. The fourth-order valence-electron chi connectivity index (χ4n) is 0.785. The molecule has 0 amide bonds. The first kappa shape index (κ1) is 16.5. The van der Waals surface area contributed by atoms with Crippen molar-refractivity contribution < 1.29 is 47.8 Å². The van der Waals surface area contributed by atoms with Gasteiger partial charge in [0.2, 0.25) is 0 Å². The number of aliphatic hydroxyl groups is 1. The minimum absolute atomic E-state index is 0. The standard InChI is InChI=1S/C8H7F3O.BH4.Na/c9-7-3-1-6(2-4-7)8(10,11)5-12;;/h1-4,12H,5H2;1H4;/q;-1;+1. The van der Waals surface area contributed by atoms with E-state index in [9.17, 15) is 13.2 Å². The average molecular weight is 214 g/mol. The fourth-order valence-corrected chi connectivity index (χ4v) is 0.785. The Labute approximate surface area is 104 Å². The van der Waals surface area contributed by atoms with Gasteiger partial charge in [0.25, 0.3) is 5.92 Å². The summed E-state index contributed by atoms with van der Waals surface area (Å²) >= 11 is 0. The zero-order valence-corrected chi connectivity index (χ0v) is 9.10. The van der Waals surface area contributed by atoms with E-state index in [1.807, 2.05) is 0 Å². The van der Waals surface area contributed by atoms with Gasteiger partial charge in [-0.2, -0.15) is 8.78 Å². The molecule has 0 radical (unpaired) electrons. The van der Waals surface area contributed by atoms with Crippen LogP contribution in [0.15, 0.2) is 24.3 Å². The molecule has 0 bridgehead atoms. The van der Waals surface area contributed by atoms with Crippen molar-refractivity contribution in [3.8, 4) is 0 Å². The Morgan fingerprint density at radius 1 is 1.14 bits per heavy atom. The van der Waals surface area contributed by atoms with Gasteiger partial charge < -0.3 is 5.11 Å². The van der Waals surface area contributed by atoms with E-state index < -0.39 is 18.3 Å². The molecular weight excluding hydrogens is 203 g/mol. The molecule has 0 fully saturated rings. The normalized spacial score (nSPS) is 10.0. The third-order valence-corrected chi connectivity index (χ3v) is 1.47. The molecule has 14 heavy (non-hydrogen) atoms. The van der Waals surface area contributed by atoms with Crippen molar-refractivity contribution >= 4 is 8.41 Å². The van der Waals surface area contributed by atoms with Gasteiger partial charge in [-0.25, -0.2) is 4.39 Å². The van der Waals surface area contributed by atoms with Crippen LogP contribution in [0, 0.1) is 5.82 Å². The van der Waals surface area contributed by atoms with E-state index in [4.69, 9.17) is 5.11 Å². The summed E-state index contributed by atoms with van der Waals surface area (Å²) < 4.78 is 37.6. The molecule has 0 saturated heterocycles. The minimum atomic E-state index is -3.28. The largest absolute Gasteiger partial charge is 1.00 e. The predicted octanol–water partition coefficient (Wildman–Crippen LogP) is -2.54. The molecular formula is C8H11BF3NaO. The quantitative estimate of drug-likeness (QED) is 0.538. The first-order chi connectivity index (χ1) is 5.56. The van der Waals surface area contributed by atoms with E-state index in [0.717, 1.165) is 24.3 Å². The van der Waals surface area contributed by atoms with Crippen molar-refractivity contribution in [2.45, 2.75) is 5.92 Å². The van der Waals surface area contributed by atoms with Crippen LogP contribution in [0.5, 0.6) is 0 Å². The molecule has 0 aliphatic carbocycles. The van der Waals surface area contributed by atoms with Crippen LogP contribution in [0.2, 0.25) is 0 Å². The first-order valence-corrected chi connectivity index (χ1v) is 3.31. The van der Waals surface area contributed by atoms with Gasteiger partial charge in [-0.05, 0) is 12.1 Å². The van der Waals surface area contributed by atoms with Gasteiger partial charge in [0.1, 0.15) is 12.4 Å². The molecule has 1 N–H and O–H groups in total. The van der Waals surface area contributed by atoms with Crippen LogP contribution >= 0.6 is 0 Å². The summed E-state index contributed by atoms with van der Waals surface area (Å²) in [6.45, 7) is -1.27. The zero-order valence-electron chi connectivity index (χ0n) is 7.10. The second-order valence-corrected chi connectivity index (χ2v) is 2.37. The average Bonchev–Trinajstić information content (AvgIpc) is 2.05. The van der Waals surface area contributed by atoms with Crippen LogP contribution in [0.4, 0.5) is 13.2 Å². The number of hydrogen-bond donors (Lipinski definition) is 1. The topological polar surface area (TPSA) is 20.2 Å². The molecule has 0 aliphatic rings. The Balaban J connectivity index is 0. The van der Waals surface area contributed by atoms with E-state index in [0.29, 0.717) is 0 Å². The number of rotatable bonds is 2. The van der Waals surface area contributed by atoms with Crippen LogP contribution in [0.25, 0.3) is 0 Å². The van der Waals surface area contributed by atoms with Crippen molar-refractivity contribution in [2.24, 2.45) is 0 Å². The fraction of sp³-hybridized carbons (Fsp3) is 0.250. The van der Waals surface area contributed by atoms with Crippen molar-refractivity contribution in [1.82, 2.24) is 0 Å². The van der Waals surface area contributed by atoms with Gasteiger partial charge in [-0.3, -0.25) is 0 Å². The summed E-state index contributed by atoms with van der Waals surface area (Å²) in [4.78, 5) is 0. The van der Waals surface area contributed by atoms with Crippen LogP contribution in [-0.4, -0.2) is 20.1 Å². The van der Waals surface area contributed by atoms with Gasteiger partial charge >= 0.3 is 29.6 Å². The molecule has 0 atom stereocenters. The number of alkyl halides is 2. The molecule has 1 aromatic carbocycles. The summed E-state index contributed by atoms with van der Waals surface area (Å²) in [5.74, 6) is -3.86. The van der Waals surface area contributed by atoms with Crippen molar-refractivity contribution in [2.75, 3.05) is 6.61 Å². The van der Waals surface area contributed by atoms with E-state index >= 15 is 0 Å². The maximum Gasteiger partial charge on any atom is 1.00 e. The minimum Gasteiger partial charge on any atom is -0.390 e. The van der Waals surface area contributed by atoms with Crippen LogP contribution < -0.4 is 29.6 Å². The third kappa shape index (κ3) is 4.04. The van der Waals surface area contributed by atoms with E-state index in [1.165, 1.54) is 0 Å². The van der Waals surface area contributed by atoms with Gasteiger partial charge in [0, 0.05) is 5.56 Å². The molecule has 1 rings (SSSR count). The second kappa shape index (κ2) is 6.51. The number of benzene rings is 1. The van der Waals surface area contributed by atoms with Gasteiger partial charge in [0.05, 0.1) is 0 Å². The Bertz CT molecular complexity index is 266. The predicted molar refractivity (Wildman–Crippen MR) is 48.7 cm³/mol. The van der Waals surface area contributed by atoms with Crippen LogP contribution in [-0.2, 0) is 5.92 Å². The maximum atomic E-state index is 12.6. The summed E-state index contributed by atoms with van der Waals surface area (Å²) in [5.41, 5.74) is -0.383. The molecule has 0 spiro atoms. The Morgan fingerprint density at radius 3 is 1.93 bits per heavy atom. The molecule has 1 nitrogen and oxygen atoms in total. The number of hydrogen-bond acceptors (Lipinski definition) is 1.